The lowest BCUT2D eigenvalue weighted by Gasteiger charge is -2.34. The van der Waals surface area contributed by atoms with Crippen LogP contribution in [-0.4, -0.2) is 39.8 Å². The molecule has 1 atom stereocenters. The minimum atomic E-state index is -0.543. The first kappa shape index (κ1) is 21.1. The van der Waals surface area contributed by atoms with Crippen LogP contribution in [0.15, 0.2) is 41.2 Å². The van der Waals surface area contributed by atoms with Crippen LogP contribution < -0.4 is 10.3 Å². The molecule has 0 N–H and O–H groups in total. The van der Waals surface area contributed by atoms with Crippen molar-refractivity contribution in [2.24, 2.45) is 0 Å². The number of carbonyl (C=O) groups excluding carboxylic acids is 1. The predicted molar refractivity (Wildman–Crippen MR) is 113 cm³/mol. The molecule has 1 fully saturated rings. The second-order valence-electron chi connectivity index (χ2n) is 8.88. The molecule has 0 aliphatic carbocycles. The largest absolute Gasteiger partial charge is 0.481 e. The molecule has 6 heteroatoms. The van der Waals surface area contributed by atoms with Gasteiger partial charge in [0, 0.05) is 24.6 Å². The Morgan fingerprint density at radius 2 is 1.86 bits per heavy atom. The average Bonchev–Trinajstić information content (AvgIpc) is 2.67. The van der Waals surface area contributed by atoms with Crippen molar-refractivity contribution in [3.8, 4) is 5.75 Å². The van der Waals surface area contributed by atoms with E-state index in [0.29, 0.717) is 31.7 Å². The first-order chi connectivity index (χ1) is 13.6. The quantitative estimate of drug-likeness (QED) is 0.792. The fourth-order valence-electron chi connectivity index (χ4n) is 3.62. The molecule has 1 unspecified atom stereocenters. The minimum Gasteiger partial charge on any atom is -0.481 e. The summed E-state index contributed by atoms with van der Waals surface area (Å²) in [6, 6.07) is 11.1. The van der Waals surface area contributed by atoms with Gasteiger partial charge in [-0.05, 0) is 50.5 Å². The summed E-state index contributed by atoms with van der Waals surface area (Å²) < 4.78 is 7.44. The standard InChI is InChI=1S/C23H31N3O3/c1-16-7-6-8-19(15-16)29-17(2)22(28)25-13-11-18(12-14-25)26-21(27)10-9-20(24-26)23(3,4)5/h6-10,15,17-18H,11-14H2,1-5H3. The lowest BCUT2D eigenvalue weighted by atomic mass is 9.92. The molecule has 156 valence electrons. The minimum absolute atomic E-state index is 0.0156. The lowest BCUT2D eigenvalue weighted by Crippen LogP contribution is -2.46. The van der Waals surface area contributed by atoms with Gasteiger partial charge in [-0.25, -0.2) is 4.68 Å². The number of hydrogen-bond donors (Lipinski definition) is 0. The van der Waals surface area contributed by atoms with Gasteiger partial charge in [-0.1, -0.05) is 32.9 Å². The Morgan fingerprint density at radius 3 is 2.48 bits per heavy atom. The topological polar surface area (TPSA) is 64.4 Å². The van der Waals surface area contributed by atoms with Gasteiger partial charge in [0.05, 0.1) is 11.7 Å². The van der Waals surface area contributed by atoms with Gasteiger partial charge in [0.25, 0.3) is 11.5 Å². The van der Waals surface area contributed by atoms with Gasteiger partial charge in [0.1, 0.15) is 5.75 Å². The molecule has 0 radical (unpaired) electrons. The summed E-state index contributed by atoms with van der Waals surface area (Å²) in [6.07, 6.45) is 0.880. The summed E-state index contributed by atoms with van der Waals surface area (Å²) in [5.41, 5.74) is 1.79. The highest BCUT2D eigenvalue weighted by Crippen LogP contribution is 2.24. The first-order valence-electron chi connectivity index (χ1n) is 10.3. The number of carbonyl (C=O) groups is 1. The number of piperidine rings is 1. The maximum Gasteiger partial charge on any atom is 0.267 e. The van der Waals surface area contributed by atoms with Crippen LogP contribution in [0.25, 0.3) is 0 Å². The second kappa shape index (κ2) is 8.39. The maximum atomic E-state index is 12.8. The molecular formula is C23H31N3O3. The molecule has 1 aliphatic heterocycles. The molecule has 1 saturated heterocycles. The van der Waals surface area contributed by atoms with E-state index < -0.39 is 6.10 Å². The van der Waals surface area contributed by atoms with Crippen molar-refractivity contribution < 1.29 is 9.53 Å². The third-order valence-corrected chi connectivity index (χ3v) is 5.37. The van der Waals surface area contributed by atoms with Crippen LogP contribution >= 0.6 is 0 Å². The van der Waals surface area contributed by atoms with Gasteiger partial charge in [-0.15, -0.1) is 0 Å². The van der Waals surface area contributed by atoms with E-state index >= 15 is 0 Å². The SMILES string of the molecule is Cc1cccc(OC(C)C(=O)N2CCC(n3nc(C(C)(C)C)ccc3=O)CC2)c1. The van der Waals surface area contributed by atoms with Crippen LogP contribution in [0.3, 0.4) is 0 Å². The van der Waals surface area contributed by atoms with Crippen LogP contribution in [0.5, 0.6) is 5.75 Å². The van der Waals surface area contributed by atoms with Crippen LogP contribution in [-0.2, 0) is 10.2 Å². The van der Waals surface area contributed by atoms with Crippen LogP contribution in [0.4, 0.5) is 0 Å². The Bertz CT molecular complexity index is 921. The number of aryl methyl sites for hydroxylation is 1. The fourth-order valence-corrected chi connectivity index (χ4v) is 3.62. The van der Waals surface area contributed by atoms with Crippen LogP contribution in [0.2, 0.25) is 0 Å². The van der Waals surface area contributed by atoms with Gasteiger partial charge in [-0.3, -0.25) is 9.59 Å². The Labute approximate surface area is 172 Å². The van der Waals surface area contributed by atoms with Crippen LogP contribution in [0, 0.1) is 6.92 Å². The molecule has 0 spiro atoms. The molecule has 2 aromatic rings. The van der Waals surface area contributed by atoms with Gasteiger partial charge >= 0.3 is 0 Å². The Balaban J connectivity index is 1.63. The predicted octanol–water partition coefficient (Wildman–Crippen LogP) is 3.48. The zero-order valence-corrected chi connectivity index (χ0v) is 18.0. The summed E-state index contributed by atoms with van der Waals surface area (Å²) >= 11 is 0. The third kappa shape index (κ3) is 5.05. The van der Waals surface area contributed by atoms with Gasteiger partial charge in [-0.2, -0.15) is 5.10 Å². The molecular weight excluding hydrogens is 366 g/mol. The molecule has 29 heavy (non-hydrogen) atoms. The lowest BCUT2D eigenvalue weighted by molar-refractivity contribution is -0.139. The Hall–Kier alpha value is -2.63. The second-order valence-corrected chi connectivity index (χ2v) is 8.88. The molecule has 1 aromatic carbocycles. The number of amides is 1. The third-order valence-electron chi connectivity index (χ3n) is 5.37. The summed E-state index contributed by atoms with van der Waals surface area (Å²) in [5, 5.41) is 4.61. The van der Waals surface area contributed by atoms with E-state index in [0.717, 1.165) is 11.3 Å². The molecule has 6 nitrogen and oxygen atoms in total. The van der Waals surface area contributed by atoms with Crippen molar-refractivity contribution in [1.82, 2.24) is 14.7 Å². The van der Waals surface area contributed by atoms with E-state index in [1.54, 1.807) is 17.7 Å². The number of ether oxygens (including phenoxy) is 1. The molecule has 2 heterocycles. The van der Waals surface area contributed by atoms with E-state index in [2.05, 4.69) is 25.9 Å². The van der Waals surface area contributed by atoms with Crippen molar-refractivity contribution in [2.75, 3.05) is 13.1 Å². The first-order valence-corrected chi connectivity index (χ1v) is 10.3. The van der Waals surface area contributed by atoms with Crippen molar-refractivity contribution >= 4 is 5.91 Å². The molecule has 0 saturated carbocycles. The normalized spacial score (nSPS) is 16.5. The number of aromatic nitrogens is 2. The highest BCUT2D eigenvalue weighted by atomic mass is 16.5. The van der Waals surface area contributed by atoms with Gasteiger partial charge < -0.3 is 9.64 Å². The van der Waals surface area contributed by atoms with E-state index in [-0.39, 0.29) is 22.9 Å². The van der Waals surface area contributed by atoms with Crippen molar-refractivity contribution in [1.29, 1.82) is 0 Å². The molecule has 1 aromatic heterocycles. The van der Waals surface area contributed by atoms with Crippen molar-refractivity contribution in [3.05, 3.63) is 58.0 Å². The van der Waals surface area contributed by atoms with E-state index in [1.807, 2.05) is 42.2 Å². The average molecular weight is 398 g/mol. The Morgan fingerprint density at radius 1 is 1.17 bits per heavy atom. The number of benzene rings is 1. The van der Waals surface area contributed by atoms with E-state index in [4.69, 9.17) is 4.74 Å². The maximum absolute atomic E-state index is 12.8. The summed E-state index contributed by atoms with van der Waals surface area (Å²) in [4.78, 5) is 27.0. The van der Waals surface area contributed by atoms with E-state index in [9.17, 15) is 9.59 Å². The number of nitrogens with zero attached hydrogens (tertiary/aromatic N) is 3. The van der Waals surface area contributed by atoms with E-state index in [1.165, 1.54) is 0 Å². The number of hydrogen-bond acceptors (Lipinski definition) is 4. The highest BCUT2D eigenvalue weighted by molar-refractivity contribution is 5.81. The van der Waals surface area contributed by atoms with Crippen molar-refractivity contribution in [3.63, 3.8) is 0 Å². The van der Waals surface area contributed by atoms with Gasteiger partial charge in [0.15, 0.2) is 6.10 Å². The van der Waals surface area contributed by atoms with Gasteiger partial charge in [0.2, 0.25) is 0 Å². The zero-order valence-electron chi connectivity index (χ0n) is 18.0. The molecule has 1 aliphatic rings. The molecule has 3 rings (SSSR count). The summed E-state index contributed by atoms with van der Waals surface area (Å²) in [5.74, 6) is 0.684. The number of likely N-dealkylation sites (tertiary alicyclic amines) is 1. The fraction of sp³-hybridized carbons (Fsp3) is 0.522. The summed E-state index contributed by atoms with van der Waals surface area (Å²) in [6.45, 7) is 11.2. The molecule has 1 amide bonds. The zero-order chi connectivity index (χ0) is 21.2. The Kier molecular flexibility index (Phi) is 6.10. The smallest absolute Gasteiger partial charge is 0.267 e. The van der Waals surface area contributed by atoms with Crippen molar-refractivity contribution in [2.45, 2.75) is 65.0 Å². The highest BCUT2D eigenvalue weighted by Gasteiger charge is 2.29. The number of rotatable bonds is 4. The molecule has 0 bridgehead atoms. The monoisotopic (exact) mass is 397 g/mol. The summed E-state index contributed by atoms with van der Waals surface area (Å²) in [7, 11) is 0. The van der Waals surface area contributed by atoms with Crippen LogP contribution in [0.1, 0.15) is 57.8 Å².